The summed E-state index contributed by atoms with van der Waals surface area (Å²) in [5.74, 6) is 0.0452. The van der Waals surface area contributed by atoms with Gasteiger partial charge in [-0.1, -0.05) is 0 Å². The van der Waals surface area contributed by atoms with E-state index in [4.69, 9.17) is 4.74 Å². The zero-order valence-corrected chi connectivity index (χ0v) is 10.8. The highest BCUT2D eigenvalue weighted by Gasteiger charge is 2.38. The van der Waals surface area contributed by atoms with E-state index in [1.807, 2.05) is 0 Å². The van der Waals surface area contributed by atoms with Gasteiger partial charge in [-0.2, -0.15) is 0 Å². The zero-order valence-electron chi connectivity index (χ0n) is 10.8. The Morgan fingerprint density at radius 1 is 1.35 bits per heavy atom. The first kappa shape index (κ1) is 13.0. The van der Waals surface area contributed by atoms with Crippen LogP contribution in [0.3, 0.4) is 0 Å². The molecule has 2 saturated heterocycles. The maximum absolute atomic E-state index is 12.0. The Morgan fingerprint density at radius 3 is 2.70 bits per heavy atom. The number of nitro groups is 1. The number of nitro benzene ring substituents is 1. The minimum Gasteiger partial charge on any atom is -0.379 e. The first-order valence-electron chi connectivity index (χ1n) is 6.53. The van der Waals surface area contributed by atoms with Crippen LogP contribution in [0.5, 0.6) is 0 Å². The number of benzene rings is 1. The number of rotatable bonds is 3. The zero-order chi connectivity index (χ0) is 14.1. The van der Waals surface area contributed by atoms with Crippen molar-refractivity contribution in [3.05, 3.63) is 39.9 Å². The fourth-order valence-electron chi connectivity index (χ4n) is 2.73. The molecule has 1 aromatic rings. The molecule has 1 aromatic carbocycles. The van der Waals surface area contributed by atoms with Crippen LogP contribution in [0, 0.1) is 10.1 Å². The Bertz CT molecular complexity index is 525. The lowest BCUT2D eigenvalue weighted by Crippen LogP contribution is -2.40. The molecule has 20 heavy (non-hydrogen) atoms. The Morgan fingerprint density at radius 2 is 2.10 bits per heavy atom. The van der Waals surface area contributed by atoms with E-state index in [2.05, 4.69) is 5.32 Å². The molecule has 0 aliphatic carbocycles. The second-order valence-corrected chi connectivity index (χ2v) is 4.95. The van der Waals surface area contributed by atoms with E-state index in [1.165, 1.54) is 12.1 Å². The number of carbonyl (C=O) groups excluding carboxylic acids is 1. The molecule has 2 unspecified atom stereocenters. The maximum atomic E-state index is 12.0. The number of nitrogens with zero attached hydrogens (tertiary/aromatic N) is 2. The van der Waals surface area contributed by atoms with E-state index >= 15 is 0 Å². The molecule has 0 radical (unpaired) electrons. The van der Waals surface area contributed by atoms with Crippen molar-refractivity contribution < 1.29 is 14.5 Å². The minimum atomic E-state index is -0.431. The van der Waals surface area contributed by atoms with Crippen LogP contribution in [0.2, 0.25) is 0 Å². The first-order chi connectivity index (χ1) is 9.66. The summed E-state index contributed by atoms with van der Waals surface area (Å²) < 4.78 is 5.34. The summed E-state index contributed by atoms with van der Waals surface area (Å²) in [5.41, 5.74) is 0.905. The van der Waals surface area contributed by atoms with E-state index in [-0.39, 0.29) is 30.3 Å². The van der Waals surface area contributed by atoms with Gasteiger partial charge >= 0.3 is 0 Å². The van der Waals surface area contributed by atoms with Crippen molar-refractivity contribution in [2.75, 3.05) is 19.8 Å². The SMILES string of the molecule is O=C1CNC(c2ccc([N+](=O)[O-])cc2)N1C1CCOC1. The second-order valence-electron chi connectivity index (χ2n) is 4.95. The summed E-state index contributed by atoms with van der Waals surface area (Å²) in [6.07, 6.45) is 0.603. The van der Waals surface area contributed by atoms with Gasteiger partial charge in [0.15, 0.2) is 0 Å². The van der Waals surface area contributed by atoms with Crippen LogP contribution in [-0.4, -0.2) is 41.5 Å². The summed E-state index contributed by atoms with van der Waals surface area (Å²) >= 11 is 0. The third-order valence-electron chi connectivity index (χ3n) is 3.73. The van der Waals surface area contributed by atoms with E-state index in [1.54, 1.807) is 17.0 Å². The number of non-ortho nitro benzene ring substituents is 1. The molecule has 2 aliphatic heterocycles. The van der Waals surface area contributed by atoms with Crippen LogP contribution in [0.15, 0.2) is 24.3 Å². The third-order valence-corrected chi connectivity index (χ3v) is 3.73. The number of hydrogen-bond acceptors (Lipinski definition) is 5. The minimum absolute atomic E-state index is 0.0452. The van der Waals surface area contributed by atoms with Crippen LogP contribution in [0.25, 0.3) is 0 Å². The monoisotopic (exact) mass is 277 g/mol. The van der Waals surface area contributed by atoms with E-state index in [9.17, 15) is 14.9 Å². The van der Waals surface area contributed by atoms with Gasteiger partial charge in [0.05, 0.1) is 24.1 Å². The quantitative estimate of drug-likeness (QED) is 0.653. The highest BCUT2D eigenvalue weighted by atomic mass is 16.6. The molecule has 7 nitrogen and oxygen atoms in total. The molecular weight excluding hydrogens is 262 g/mol. The fraction of sp³-hybridized carbons (Fsp3) is 0.462. The number of nitrogens with one attached hydrogen (secondary N) is 1. The van der Waals surface area contributed by atoms with Crippen LogP contribution in [0.4, 0.5) is 5.69 Å². The predicted octanol–water partition coefficient (Wildman–Crippen LogP) is 0.814. The molecule has 0 saturated carbocycles. The number of carbonyl (C=O) groups is 1. The number of ether oxygens (including phenoxy) is 1. The topological polar surface area (TPSA) is 84.7 Å². The number of amides is 1. The maximum Gasteiger partial charge on any atom is 0.269 e. The van der Waals surface area contributed by atoms with Crippen molar-refractivity contribution in [2.45, 2.75) is 18.6 Å². The van der Waals surface area contributed by atoms with Gasteiger partial charge in [-0.15, -0.1) is 0 Å². The molecule has 2 heterocycles. The van der Waals surface area contributed by atoms with Crippen molar-refractivity contribution >= 4 is 11.6 Å². The van der Waals surface area contributed by atoms with Crippen molar-refractivity contribution in [1.82, 2.24) is 10.2 Å². The summed E-state index contributed by atoms with van der Waals surface area (Å²) in [5, 5.41) is 13.8. The lowest BCUT2D eigenvalue weighted by atomic mass is 10.1. The van der Waals surface area contributed by atoms with Gasteiger partial charge in [-0.3, -0.25) is 20.2 Å². The lowest BCUT2D eigenvalue weighted by molar-refractivity contribution is -0.384. The Kier molecular flexibility index (Phi) is 3.37. The highest BCUT2D eigenvalue weighted by molar-refractivity contribution is 5.81. The van der Waals surface area contributed by atoms with Crippen molar-refractivity contribution in [3.63, 3.8) is 0 Å². The van der Waals surface area contributed by atoms with Crippen LogP contribution in [-0.2, 0) is 9.53 Å². The van der Waals surface area contributed by atoms with Crippen LogP contribution < -0.4 is 5.32 Å². The largest absolute Gasteiger partial charge is 0.379 e. The average Bonchev–Trinajstić information content (AvgIpc) is 3.07. The molecule has 2 fully saturated rings. The van der Waals surface area contributed by atoms with Crippen molar-refractivity contribution in [3.8, 4) is 0 Å². The molecule has 0 aromatic heterocycles. The molecule has 1 N–H and O–H groups in total. The summed E-state index contributed by atoms with van der Waals surface area (Å²) in [7, 11) is 0. The lowest BCUT2D eigenvalue weighted by Gasteiger charge is -2.29. The van der Waals surface area contributed by atoms with Gasteiger partial charge in [-0.05, 0) is 24.1 Å². The Labute approximate surface area is 115 Å². The highest BCUT2D eigenvalue weighted by Crippen LogP contribution is 2.28. The standard InChI is InChI=1S/C13H15N3O4/c17-12-7-14-13(15(12)11-5-6-20-8-11)9-1-3-10(4-2-9)16(18)19/h1-4,11,13-14H,5-8H2. The predicted molar refractivity (Wildman–Crippen MR) is 69.9 cm³/mol. The molecule has 2 aliphatic rings. The van der Waals surface area contributed by atoms with Crippen molar-refractivity contribution in [1.29, 1.82) is 0 Å². The van der Waals surface area contributed by atoms with Gasteiger partial charge in [0.1, 0.15) is 6.17 Å². The van der Waals surface area contributed by atoms with Crippen LogP contribution >= 0.6 is 0 Å². The molecule has 3 rings (SSSR count). The summed E-state index contributed by atoms with van der Waals surface area (Å²) in [6, 6.07) is 6.39. The van der Waals surface area contributed by atoms with Crippen molar-refractivity contribution in [2.24, 2.45) is 0 Å². The molecular formula is C13H15N3O4. The number of hydrogen-bond donors (Lipinski definition) is 1. The average molecular weight is 277 g/mol. The summed E-state index contributed by atoms with van der Waals surface area (Å²) in [6.45, 7) is 1.51. The molecule has 0 spiro atoms. The van der Waals surface area contributed by atoms with Gasteiger partial charge in [0, 0.05) is 18.7 Å². The van der Waals surface area contributed by atoms with Crippen LogP contribution in [0.1, 0.15) is 18.2 Å². The van der Waals surface area contributed by atoms with Gasteiger partial charge in [0.25, 0.3) is 5.69 Å². The van der Waals surface area contributed by atoms with E-state index in [0.717, 1.165) is 12.0 Å². The normalized spacial score (nSPS) is 26.2. The Balaban J connectivity index is 1.84. The molecule has 7 heteroatoms. The second kappa shape index (κ2) is 5.18. The first-order valence-corrected chi connectivity index (χ1v) is 6.53. The van der Waals surface area contributed by atoms with E-state index in [0.29, 0.717) is 13.2 Å². The Hall–Kier alpha value is -1.99. The molecule has 106 valence electrons. The fourth-order valence-corrected chi connectivity index (χ4v) is 2.73. The van der Waals surface area contributed by atoms with Gasteiger partial charge in [0.2, 0.25) is 5.91 Å². The molecule has 2 atom stereocenters. The van der Waals surface area contributed by atoms with E-state index < -0.39 is 4.92 Å². The molecule has 0 bridgehead atoms. The third kappa shape index (κ3) is 2.25. The smallest absolute Gasteiger partial charge is 0.269 e. The van der Waals surface area contributed by atoms with Gasteiger partial charge < -0.3 is 9.64 Å². The summed E-state index contributed by atoms with van der Waals surface area (Å²) in [4.78, 5) is 24.1. The van der Waals surface area contributed by atoms with Gasteiger partial charge in [-0.25, -0.2) is 0 Å². The molecule has 1 amide bonds.